The minimum Gasteiger partial charge on any atom is -0.480 e. The first-order valence-electron chi connectivity index (χ1n) is 23.4. The lowest BCUT2D eigenvalue weighted by molar-refractivity contribution is -0.142. The predicted molar refractivity (Wildman–Crippen MR) is 277 cm³/mol. The van der Waals surface area contributed by atoms with Gasteiger partial charge in [-0.05, 0) is 150 Å². The van der Waals surface area contributed by atoms with E-state index in [9.17, 15) is 19.8 Å². The highest BCUT2D eigenvalue weighted by atomic mass is 35.5. The number of carboxylic acids is 1. The van der Waals surface area contributed by atoms with Crippen LogP contribution in [0.5, 0.6) is 0 Å². The molecule has 6 heterocycles. The molecule has 3 aliphatic rings. The van der Waals surface area contributed by atoms with E-state index in [0.29, 0.717) is 32.7 Å². The van der Waals surface area contributed by atoms with Gasteiger partial charge >= 0.3 is 5.97 Å². The van der Waals surface area contributed by atoms with Gasteiger partial charge in [0, 0.05) is 46.8 Å². The van der Waals surface area contributed by atoms with Crippen molar-refractivity contribution in [2.24, 2.45) is 0 Å². The number of nitrogens with zero attached hydrogens (tertiary/aromatic N) is 2. The maximum absolute atomic E-state index is 12.0. The van der Waals surface area contributed by atoms with Crippen molar-refractivity contribution >= 4 is 88.6 Å². The SMILES string of the molecule is Cl.O=C(COCCc1ccc2sccc2c1)N1CCCC(O)C1.O=C(O)COCCc1ccc2sccc2c1.OC1CCCN(CCOCCc2ccc3sccc3c2)C1.OC1CCNCC1O. The molecule has 0 aliphatic carbocycles. The molecule has 0 spiro atoms. The largest absolute Gasteiger partial charge is 0.480 e. The van der Waals surface area contributed by atoms with Gasteiger partial charge in [0.2, 0.25) is 5.91 Å². The van der Waals surface area contributed by atoms with E-state index in [-0.39, 0.29) is 43.7 Å². The average molecular weight is 1010 g/mol. The molecule has 3 aromatic heterocycles. The molecule has 3 aromatic carbocycles. The van der Waals surface area contributed by atoms with Crippen LogP contribution in [-0.4, -0.2) is 157 Å². The number of benzene rings is 3. The van der Waals surface area contributed by atoms with Crippen LogP contribution in [0.4, 0.5) is 0 Å². The number of aliphatic carboxylic acids is 1. The van der Waals surface area contributed by atoms with E-state index in [0.717, 1.165) is 90.9 Å². The summed E-state index contributed by atoms with van der Waals surface area (Å²) in [5.41, 5.74) is 3.75. The fourth-order valence-corrected chi connectivity index (χ4v) is 10.3. The van der Waals surface area contributed by atoms with Gasteiger partial charge in [-0.3, -0.25) is 9.69 Å². The number of piperidine rings is 3. The molecule has 13 nitrogen and oxygen atoms in total. The van der Waals surface area contributed by atoms with Gasteiger partial charge in [-0.2, -0.15) is 0 Å². The van der Waals surface area contributed by atoms with Crippen molar-refractivity contribution in [3.63, 3.8) is 0 Å². The summed E-state index contributed by atoms with van der Waals surface area (Å²) in [6, 6.07) is 25.7. The number of likely N-dealkylation sites (tertiary alicyclic amines) is 2. The summed E-state index contributed by atoms with van der Waals surface area (Å²) in [6.07, 6.45) is 5.32. The summed E-state index contributed by atoms with van der Waals surface area (Å²) in [5.74, 6) is -0.944. The minimum atomic E-state index is -0.923. The van der Waals surface area contributed by atoms with Gasteiger partial charge in [0.1, 0.15) is 13.2 Å². The number of ether oxygens (including phenoxy) is 3. The third kappa shape index (κ3) is 19.3. The lowest BCUT2D eigenvalue weighted by Crippen LogP contribution is -2.43. The summed E-state index contributed by atoms with van der Waals surface area (Å²) >= 11 is 5.25. The number of hydrogen-bond acceptors (Lipinski definition) is 14. The van der Waals surface area contributed by atoms with Crippen LogP contribution < -0.4 is 5.32 Å². The molecule has 4 unspecified atom stereocenters. The fraction of sp³-hybridized carbons (Fsp3) is 0.490. The van der Waals surface area contributed by atoms with Crippen molar-refractivity contribution in [2.75, 3.05) is 85.5 Å². The van der Waals surface area contributed by atoms with Gasteiger partial charge in [-0.1, -0.05) is 36.4 Å². The first kappa shape index (κ1) is 55.3. The summed E-state index contributed by atoms with van der Waals surface area (Å²) < 4.78 is 20.2. The summed E-state index contributed by atoms with van der Waals surface area (Å²) in [6.45, 7) is 7.74. The molecule has 0 saturated carbocycles. The van der Waals surface area contributed by atoms with Crippen molar-refractivity contribution in [1.29, 1.82) is 0 Å². The number of amides is 1. The number of halogens is 1. The normalized spacial score (nSPS) is 19.5. The van der Waals surface area contributed by atoms with Crippen molar-refractivity contribution < 1.29 is 49.3 Å². The second kappa shape index (κ2) is 30.2. The monoisotopic (exact) mass is 1010 g/mol. The molecule has 3 fully saturated rings. The molecule has 17 heteroatoms. The Bertz CT molecular complexity index is 2370. The van der Waals surface area contributed by atoms with Crippen LogP contribution in [0, 0.1) is 0 Å². The molecular weight excluding hydrogens is 946 g/mol. The Labute approximate surface area is 417 Å². The maximum Gasteiger partial charge on any atom is 0.329 e. The number of aliphatic hydroxyl groups excluding tert-OH is 4. The molecule has 372 valence electrons. The number of thiophene rings is 3. The Hall–Kier alpha value is -3.59. The number of fused-ring (bicyclic) bond motifs is 3. The molecule has 0 radical (unpaired) electrons. The molecule has 3 saturated heterocycles. The number of carbonyl (C=O) groups excluding carboxylic acids is 1. The molecule has 6 aromatic rings. The highest BCUT2D eigenvalue weighted by molar-refractivity contribution is 7.17. The lowest BCUT2D eigenvalue weighted by atomic mass is 10.1. The Kier molecular flexibility index (Phi) is 24.6. The lowest BCUT2D eigenvalue weighted by Gasteiger charge is -2.30. The zero-order chi connectivity index (χ0) is 47.2. The number of carbonyl (C=O) groups is 2. The third-order valence-electron chi connectivity index (χ3n) is 11.8. The topological polar surface area (TPSA) is 181 Å². The van der Waals surface area contributed by atoms with Crippen LogP contribution >= 0.6 is 46.4 Å². The number of carboxylic acid groups (broad SMARTS) is 1. The highest BCUT2D eigenvalue weighted by Gasteiger charge is 2.22. The first-order valence-corrected chi connectivity index (χ1v) is 26.0. The van der Waals surface area contributed by atoms with Crippen molar-refractivity contribution in [1.82, 2.24) is 15.1 Å². The Balaban J connectivity index is 0.000000177. The van der Waals surface area contributed by atoms with Crippen molar-refractivity contribution in [3.8, 4) is 0 Å². The number of aliphatic hydroxyl groups is 4. The zero-order valence-electron chi connectivity index (χ0n) is 38.6. The number of nitrogens with one attached hydrogen (secondary N) is 1. The van der Waals surface area contributed by atoms with E-state index < -0.39 is 18.2 Å². The average Bonchev–Trinajstić information content (AvgIpc) is 4.12. The Morgan fingerprint density at radius 2 is 1.10 bits per heavy atom. The van der Waals surface area contributed by atoms with Crippen LogP contribution in [0.1, 0.15) is 48.8 Å². The van der Waals surface area contributed by atoms with Gasteiger partial charge in [0.25, 0.3) is 0 Å². The van der Waals surface area contributed by atoms with Crippen LogP contribution in [0.25, 0.3) is 30.3 Å². The molecule has 9 rings (SSSR count). The Morgan fingerprint density at radius 1 is 0.603 bits per heavy atom. The first-order chi connectivity index (χ1) is 32.6. The van der Waals surface area contributed by atoms with Crippen LogP contribution in [-0.2, 0) is 43.1 Å². The number of hydrogen-bond donors (Lipinski definition) is 6. The molecular formula is C51H68ClN3O10S3. The van der Waals surface area contributed by atoms with E-state index in [4.69, 9.17) is 29.5 Å². The molecule has 0 bridgehead atoms. The second-order valence-corrected chi connectivity index (χ2v) is 19.9. The summed E-state index contributed by atoms with van der Waals surface area (Å²) in [5, 5.41) is 58.4. The summed E-state index contributed by atoms with van der Waals surface area (Å²) in [7, 11) is 0. The van der Waals surface area contributed by atoms with Crippen LogP contribution in [0.3, 0.4) is 0 Å². The van der Waals surface area contributed by atoms with E-state index in [1.165, 1.54) is 46.9 Å². The third-order valence-corrected chi connectivity index (χ3v) is 14.5. The standard InChI is InChI=1S/C17H21NO3S.C17H23NO2S.C12H12O3S.C5H11NO2.ClH/c19-15-2-1-7-18(11-15)17(20)12-21-8-5-13-3-4-16-14(10-13)6-9-22-16;19-16-2-1-7-18(13-16)8-10-20-9-5-14-3-4-17-15(12-14)6-11-21-17;13-12(14)8-15-5-3-9-1-2-11-10(7-9)4-6-16-11;7-4-1-2-6-3-5(4)8;/h3-4,6,9-10,15,19H,1-2,5,7-8,11-12H2;3-4,6,11-12,16,19H,1-2,5,7-10,13H2;1-2,4,6-7H,3,5,8H2,(H,13,14);4-8H,1-3H2;1H. The molecule has 1 amide bonds. The quantitative estimate of drug-likeness (QED) is 0.0546. The van der Waals surface area contributed by atoms with Crippen molar-refractivity contribution in [2.45, 2.75) is 75.8 Å². The number of rotatable bonds is 16. The molecule has 4 atom stereocenters. The van der Waals surface area contributed by atoms with Crippen LogP contribution in [0.2, 0.25) is 0 Å². The van der Waals surface area contributed by atoms with Crippen LogP contribution in [0.15, 0.2) is 88.9 Å². The van der Waals surface area contributed by atoms with Gasteiger partial charge in [0.15, 0.2) is 0 Å². The van der Waals surface area contributed by atoms with Gasteiger partial charge in [0.05, 0.1) is 50.8 Å². The molecule has 6 N–H and O–H groups in total. The molecule has 3 aliphatic heterocycles. The van der Waals surface area contributed by atoms with E-state index in [2.05, 4.69) is 99.2 Å². The van der Waals surface area contributed by atoms with E-state index in [1.807, 2.05) is 0 Å². The zero-order valence-corrected chi connectivity index (χ0v) is 41.9. The smallest absolute Gasteiger partial charge is 0.329 e. The van der Waals surface area contributed by atoms with E-state index in [1.54, 1.807) is 38.9 Å². The number of β-amino-alcohol motifs (C(OH)–C–C–N with tert-alkyl or cyclic N) is 3. The molecule has 68 heavy (non-hydrogen) atoms. The van der Waals surface area contributed by atoms with Gasteiger partial charge in [-0.25, -0.2) is 4.79 Å². The predicted octanol–water partition coefficient (Wildman–Crippen LogP) is 7.03. The van der Waals surface area contributed by atoms with E-state index >= 15 is 0 Å². The van der Waals surface area contributed by atoms with Gasteiger partial charge < -0.3 is 50.0 Å². The Morgan fingerprint density at radius 3 is 1.57 bits per heavy atom. The highest BCUT2D eigenvalue weighted by Crippen LogP contribution is 2.24. The summed E-state index contributed by atoms with van der Waals surface area (Å²) in [4.78, 5) is 26.2. The fourth-order valence-electron chi connectivity index (χ4n) is 8.03. The van der Waals surface area contributed by atoms with Crippen molar-refractivity contribution in [3.05, 3.63) is 106 Å². The second-order valence-electron chi connectivity index (χ2n) is 17.1. The van der Waals surface area contributed by atoms with Gasteiger partial charge in [-0.15, -0.1) is 46.4 Å². The minimum absolute atomic E-state index is 0. The maximum atomic E-state index is 12.0.